The minimum Gasteiger partial charge on any atom is -0.494 e. The zero-order chi connectivity index (χ0) is 23.0. The monoisotopic (exact) mass is 444 g/mol. The molecule has 32 heavy (non-hydrogen) atoms. The predicted octanol–water partition coefficient (Wildman–Crippen LogP) is 7.11. The molecule has 0 atom stereocenters. The summed E-state index contributed by atoms with van der Waals surface area (Å²) in [5, 5.41) is 5.73. The highest BCUT2D eigenvalue weighted by Gasteiger charge is 2.35. The lowest BCUT2D eigenvalue weighted by Gasteiger charge is -2.15. The maximum absolute atomic E-state index is 13.5. The highest BCUT2D eigenvalue weighted by atomic mass is 19.4. The Kier molecular flexibility index (Phi) is 7.92. The third-order valence-corrected chi connectivity index (χ3v) is 4.73. The lowest BCUT2D eigenvalue weighted by atomic mass is 10.1. The zero-order valence-electron chi connectivity index (χ0n) is 18.2. The lowest BCUT2D eigenvalue weighted by molar-refractivity contribution is -0.137. The molecule has 0 amide bonds. The Morgan fingerprint density at radius 3 is 2.16 bits per heavy atom. The zero-order valence-corrected chi connectivity index (χ0v) is 18.2. The van der Waals surface area contributed by atoms with Gasteiger partial charge < -0.3 is 15.4 Å². The Bertz CT molecular complexity index is 990. The largest absolute Gasteiger partial charge is 0.494 e. The van der Waals surface area contributed by atoms with Crippen LogP contribution in [-0.2, 0) is 12.6 Å². The number of benzene rings is 2. The summed E-state index contributed by atoms with van der Waals surface area (Å²) in [4.78, 5) is 7.94. The molecule has 5 nitrogen and oxygen atoms in total. The number of nitrogens with zero attached hydrogens (tertiary/aromatic N) is 2. The Balaban J connectivity index is 1.77. The first-order valence-electron chi connectivity index (χ1n) is 10.7. The van der Waals surface area contributed by atoms with Gasteiger partial charge in [0.05, 0.1) is 6.61 Å². The van der Waals surface area contributed by atoms with Gasteiger partial charge in [0.1, 0.15) is 17.1 Å². The summed E-state index contributed by atoms with van der Waals surface area (Å²) in [6.07, 6.45) is 0.127. The number of halogens is 3. The summed E-state index contributed by atoms with van der Waals surface area (Å²) >= 11 is 0. The van der Waals surface area contributed by atoms with Gasteiger partial charge in [-0.15, -0.1) is 0 Å². The summed E-state index contributed by atoms with van der Waals surface area (Å²) in [6.45, 7) is 4.80. The second kappa shape index (κ2) is 10.8. The fourth-order valence-electron chi connectivity index (χ4n) is 3.02. The Morgan fingerprint density at radius 1 is 0.875 bits per heavy atom. The van der Waals surface area contributed by atoms with Crippen LogP contribution in [0.3, 0.4) is 0 Å². The molecule has 0 aliphatic heterocycles. The predicted molar refractivity (Wildman–Crippen MR) is 121 cm³/mol. The van der Waals surface area contributed by atoms with E-state index in [0.717, 1.165) is 43.2 Å². The fraction of sp³-hybridized carbons (Fsp3) is 0.333. The Hall–Kier alpha value is -3.29. The van der Waals surface area contributed by atoms with E-state index in [1.54, 1.807) is 36.4 Å². The molecule has 0 spiro atoms. The van der Waals surface area contributed by atoms with E-state index in [-0.39, 0.29) is 11.8 Å². The maximum Gasteiger partial charge on any atom is 0.421 e. The molecule has 0 aliphatic carbocycles. The van der Waals surface area contributed by atoms with Crippen molar-refractivity contribution in [2.45, 2.75) is 45.7 Å². The van der Waals surface area contributed by atoms with Gasteiger partial charge in [0, 0.05) is 17.6 Å². The van der Waals surface area contributed by atoms with Crippen molar-refractivity contribution in [2.75, 3.05) is 17.2 Å². The summed E-state index contributed by atoms with van der Waals surface area (Å²) in [7, 11) is 0. The SMILES string of the molecule is CCCCOc1ccc(Nc2ncc(C(F)(F)F)c(Nc3ccc(CCC)cc3)n2)cc1. The van der Waals surface area contributed by atoms with Crippen LogP contribution in [0.4, 0.5) is 36.3 Å². The average Bonchev–Trinajstić information content (AvgIpc) is 2.76. The van der Waals surface area contributed by atoms with E-state index < -0.39 is 11.7 Å². The van der Waals surface area contributed by atoms with E-state index in [4.69, 9.17) is 4.74 Å². The van der Waals surface area contributed by atoms with Crippen molar-refractivity contribution in [1.29, 1.82) is 0 Å². The van der Waals surface area contributed by atoms with Crippen LogP contribution in [0.25, 0.3) is 0 Å². The van der Waals surface area contributed by atoms with Crippen LogP contribution in [-0.4, -0.2) is 16.6 Å². The minimum atomic E-state index is -4.58. The number of unbranched alkanes of at least 4 members (excludes halogenated alkanes) is 1. The summed E-state index contributed by atoms with van der Waals surface area (Å²) in [5.41, 5.74) is 1.36. The van der Waals surface area contributed by atoms with E-state index >= 15 is 0 Å². The molecule has 3 rings (SSSR count). The maximum atomic E-state index is 13.5. The average molecular weight is 445 g/mol. The van der Waals surface area contributed by atoms with Gasteiger partial charge in [-0.3, -0.25) is 0 Å². The van der Waals surface area contributed by atoms with E-state index in [1.165, 1.54) is 0 Å². The molecule has 2 aromatic carbocycles. The molecule has 1 heterocycles. The standard InChI is InChI=1S/C24H27F3N4O/c1-3-5-15-32-20-13-11-19(12-14-20)30-23-28-16-21(24(25,26)27)22(31-23)29-18-9-7-17(6-4-2)8-10-18/h7-14,16H,3-6,15H2,1-2H3,(H2,28,29,30,31). The highest BCUT2D eigenvalue weighted by molar-refractivity contribution is 5.63. The topological polar surface area (TPSA) is 59.1 Å². The van der Waals surface area contributed by atoms with Gasteiger partial charge >= 0.3 is 6.18 Å². The molecule has 1 aromatic heterocycles. The van der Waals surface area contributed by atoms with Crippen LogP contribution >= 0.6 is 0 Å². The fourth-order valence-corrected chi connectivity index (χ4v) is 3.02. The molecule has 0 aliphatic rings. The Labute approximate surface area is 186 Å². The number of anilines is 4. The summed E-state index contributed by atoms with van der Waals surface area (Å²) in [5.74, 6) is 0.478. The first kappa shape index (κ1) is 23.4. The van der Waals surface area contributed by atoms with Crippen LogP contribution < -0.4 is 15.4 Å². The van der Waals surface area contributed by atoms with Gasteiger partial charge in [-0.05, 0) is 54.8 Å². The highest BCUT2D eigenvalue weighted by Crippen LogP contribution is 2.35. The van der Waals surface area contributed by atoms with Crippen LogP contribution in [0.2, 0.25) is 0 Å². The van der Waals surface area contributed by atoms with Gasteiger partial charge in [0.25, 0.3) is 0 Å². The molecule has 0 fully saturated rings. The van der Waals surface area contributed by atoms with Crippen LogP contribution in [0.1, 0.15) is 44.2 Å². The van der Waals surface area contributed by atoms with Crippen molar-refractivity contribution in [3.05, 3.63) is 65.9 Å². The van der Waals surface area contributed by atoms with E-state index in [1.807, 2.05) is 12.1 Å². The summed E-state index contributed by atoms with van der Waals surface area (Å²) < 4.78 is 46.1. The first-order valence-corrected chi connectivity index (χ1v) is 10.7. The molecule has 0 radical (unpaired) electrons. The third-order valence-electron chi connectivity index (χ3n) is 4.73. The Morgan fingerprint density at radius 2 is 1.53 bits per heavy atom. The van der Waals surface area contributed by atoms with Gasteiger partial charge in [-0.2, -0.15) is 18.2 Å². The molecule has 3 aromatic rings. The molecule has 170 valence electrons. The van der Waals surface area contributed by atoms with Crippen molar-refractivity contribution in [3.63, 3.8) is 0 Å². The van der Waals surface area contributed by atoms with Crippen LogP contribution in [0.15, 0.2) is 54.7 Å². The number of alkyl halides is 3. The number of nitrogens with one attached hydrogen (secondary N) is 2. The van der Waals surface area contributed by atoms with Gasteiger partial charge in [-0.1, -0.05) is 38.8 Å². The number of aromatic nitrogens is 2. The second-order valence-electron chi connectivity index (χ2n) is 7.38. The molecular weight excluding hydrogens is 417 g/mol. The minimum absolute atomic E-state index is 0.0581. The number of aryl methyl sites for hydroxylation is 1. The number of hydrogen-bond acceptors (Lipinski definition) is 5. The molecule has 0 saturated heterocycles. The number of ether oxygens (including phenoxy) is 1. The molecule has 0 unspecified atom stereocenters. The molecule has 0 saturated carbocycles. The third kappa shape index (κ3) is 6.60. The van der Waals surface area contributed by atoms with E-state index in [2.05, 4.69) is 34.4 Å². The normalized spacial score (nSPS) is 11.3. The van der Waals surface area contributed by atoms with Crippen LogP contribution in [0, 0.1) is 0 Å². The second-order valence-corrected chi connectivity index (χ2v) is 7.38. The number of hydrogen-bond donors (Lipinski definition) is 2. The quantitative estimate of drug-likeness (QED) is 0.326. The lowest BCUT2D eigenvalue weighted by Crippen LogP contribution is -2.12. The molecule has 0 bridgehead atoms. The van der Waals surface area contributed by atoms with Crippen molar-refractivity contribution in [3.8, 4) is 5.75 Å². The van der Waals surface area contributed by atoms with E-state index in [9.17, 15) is 13.2 Å². The first-order chi connectivity index (χ1) is 15.4. The summed E-state index contributed by atoms with van der Waals surface area (Å²) in [6, 6.07) is 14.4. The molecule has 2 N–H and O–H groups in total. The van der Waals surface area contributed by atoms with Crippen molar-refractivity contribution >= 4 is 23.1 Å². The van der Waals surface area contributed by atoms with Crippen molar-refractivity contribution in [1.82, 2.24) is 9.97 Å². The molecule has 8 heteroatoms. The van der Waals surface area contributed by atoms with Crippen molar-refractivity contribution in [2.24, 2.45) is 0 Å². The van der Waals surface area contributed by atoms with Gasteiger partial charge in [-0.25, -0.2) is 4.98 Å². The van der Waals surface area contributed by atoms with Crippen LogP contribution in [0.5, 0.6) is 5.75 Å². The smallest absolute Gasteiger partial charge is 0.421 e. The number of rotatable bonds is 10. The van der Waals surface area contributed by atoms with Gasteiger partial charge in [0.2, 0.25) is 5.95 Å². The van der Waals surface area contributed by atoms with E-state index in [0.29, 0.717) is 18.0 Å². The van der Waals surface area contributed by atoms with Crippen molar-refractivity contribution < 1.29 is 17.9 Å². The van der Waals surface area contributed by atoms with Gasteiger partial charge in [0.15, 0.2) is 0 Å². The molecular formula is C24H27F3N4O.